The molecule has 1 heterocycles. The van der Waals surface area contributed by atoms with Crippen LogP contribution in [0.1, 0.15) is 57.8 Å². The van der Waals surface area contributed by atoms with E-state index in [9.17, 15) is 4.79 Å². The maximum absolute atomic E-state index is 12.2. The van der Waals surface area contributed by atoms with Gasteiger partial charge in [-0.1, -0.05) is 42.4 Å². The Morgan fingerprint density at radius 1 is 1.08 bits per heavy atom. The average Bonchev–Trinajstić information content (AvgIpc) is 3.51. The number of hydrogen-bond donors (Lipinski definition) is 2. The molecule has 2 N–H and O–H groups in total. The van der Waals surface area contributed by atoms with Crippen LogP contribution in [0.2, 0.25) is 0 Å². The lowest BCUT2D eigenvalue weighted by Crippen LogP contribution is -2.39. The van der Waals surface area contributed by atoms with Crippen molar-refractivity contribution in [1.29, 1.82) is 0 Å². The highest BCUT2D eigenvalue weighted by Gasteiger charge is 2.42. The molecule has 0 aliphatic heterocycles. The molecular weight excluding hydrogens is 340 g/mol. The number of nitrogens with zero attached hydrogens (tertiary/aromatic N) is 2. The van der Waals surface area contributed by atoms with Gasteiger partial charge in [-0.2, -0.15) is 0 Å². The normalized spacial score (nSPS) is 21.9. The first-order valence-corrected chi connectivity index (χ1v) is 11.1. The average molecular weight is 367 g/mol. The molecule has 3 saturated carbocycles. The highest BCUT2D eigenvalue weighted by molar-refractivity contribution is 8.01. The van der Waals surface area contributed by atoms with E-state index in [0.29, 0.717) is 17.8 Å². The van der Waals surface area contributed by atoms with Crippen molar-refractivity contribution in [3.05, 3.63) is 0 Å². The Bertz CT molecular complexity index is 553. The molecule has 0 aromatic carbocycles. The SMILES string of the molecule is O=C(CSc1nnc(NC2CCCCC2)s1)NC(C1CC1)C1CC1. The molecule has 3 aliphatic rings. The first-order chi connectivity index (χ1) is 11.8. The molecule has 0 atom stereocenters. The smallest absolute Gasteiger partial charge is 0.230 e. The molecule has 1 amide bonds. The highest BCUT2D eigenvalue weighted by atomic mass is 32.2. The van der Waals surface area contributed by atoms with Gasteiger partial charge in [-0.25, -0.2) is 0 Å². The quantitative estimate of drug-likeness (QED) is 0.687. The van der Waals surface area contributed by atoms with Crippen molar-refractivity contribution in [3.8, 4) is 0 Å². The third-order valence-electron chi connectivity index (χ3n) is 5.25. The van der Waals surface area contributed by atoms with E-state index < -0.39 is 0 Å². The number of hydrogen-bond acceptors (Lipinski definition) is 6. The number of carbonyl (C=O) groups is 1. The van der Waals surface area contributed by atoms with Gasteiger partial charge in [0.25, 0.3) is 0 Å². The van der Waals surface area contributed by atoms with Crippen LogP contribution in [0, 0.1) is 11.8 Å². The fraction of sp³-hybridized carbons (Fsp3) is 0.824. The van der Waals surface area contributed by atoms with Crippen molar-refractivity contribution in [2.75, 3.05) is 11.1 Å². The summed E-state index contributed by atoms with van der Waals surface area (Å²) in [4.78, 5) is 12.2. The summed E-state index contributed by atoms with van der Waals surface area (Å²) in [5, 5.41) is 16.1. The molecule has 24 heavy (non-hydrogen) atoms. The molecule has 0 unspecified atom stereocenters. The zero-order chi connectivity index (χ0) is 16.4. The van der Waals surface area contributed by atoms with Crippen LogP contribution in [-0.4, -0.2) is 33.9 Å². The number of amides is 1. The van der Waals surface area contributed by atoms with Crippen LogP contribution in [0.3, 0.4) is 0 Å². The van der Waals surface area contributed by atoms with Crippen molar-refractivity contribution >= 4 is 34.1 Å². The van der Waals surface area contributed by atoms with Crippen LogP contribution in [0.4, 0.5) is 5.13 Å². The largest absolute Gasteiger partial charge is 0.357 e. The summed E-state index contributed by atoms with van der Waals surface area (Å²) in [6.07, 6.45) is 11.6. The minimum Gasteiger partial charge on any atom is -0.357 e. The Balaban J connectivity index is 1.21. The summed E-state index contributed by atoms with van der Waals surface area (Å²) >= 11 is 3.08. The molecule has 5 nitrogen and oxygen atoms in total. The standard InChI is InChI=1S/C17H26N4OS2/c22-14(19-15(11-6-7-11)12-8-9-12)10-23-17-21-20-16(24-17)18-13-4-2-1-3-5-13/h11-13,15H,1-10H2,(H,18,20)(H,19,22). The van der Waals surface area contributed by atoms with Gasteiger partial charge in [0.15, 0.2) is 4.34 Å². The van der Waals surface area contributed by atoms with Gasteiger partial charge in [-0.15, -0.1) is 10.2 Å². The lowest BCUT2D eigenvalue weighted by Gasteiger charge is -2.21. The van der Waals surface area contributed by atoms with E-state index in [0.717, 1.165) is 21.3 Å². The molecular formula is C17H26N4OS2. The van der Waals surface area contributed by atoms with Gasteiger partial charge >= 0.3 is 0 Å². The van der Waals surface area contributed by atoms with E-state index in [1.54, 1.807) is 11.3 Å². The Kier molecular flexibility index (Phi) is 5.27. The Morgan fingerprint density at radius 3 is 2.46 bits per heavy atom. The third-order valence-corrected chi connectivity index (χ3v) is 7.24. The maximum atomic E-state index is 12.2. The summed E-state index contributed by atoms with van der Waals surface area (Å²) in [5.41, 5.74) is 0. The molecule has 0 bridgehead atoms. The monoisotopic (exact) mass is 366 g/mol. The number of rotatable bonds is 8. The number of nitrogens with one attached hydrogen (secondary N) is 2. The fourth-order valence-corrected chi connectivity index (χ4v) is 5.27. The Hall–Kier alpha value is -0.820. The first kappa shape index (κ1) is 16.6. The van der Waals surface area contributed by atoms with Crippen LogP contribution >= 0.6 is 23.1 Å². The number of thioether (sulfide) groups is 1. The molecule has 3 aliphatic carbocycles. The summed E-state index contributed by atoms with van der Waals surface area (Å²) in [6.45, 7) is 0. The van der Waals surface area contributed by atoms with Crippen LogP contribution in [0.5, 0.6) is 0 Å². The summed E-state index contributed by atoms with van der Waals surface area (Å²) in [6, 6.07) is 0.988. The van der Waals surface area contributed by atoms with Crippen molar-refractivity contribution < 1.29 is 4.79 Å². The van der Waals surface area contributed by atoms with E-state index in [1.165, 1.54) is 69.5 Å². The second-order valence-corrected chi connectivity index (χ2v) is 9.61. The van der Waals surface area contributed by atoms with Crippen LogP contribution < -0.4 is 10.6 Å². The third kappa shape index (κ3) is 4.63. The Labute approximate surface area is 151 Å². The van der Waals surface area contributed by atoms with Crippen LogP contribution in [0.25, 0.3) is 0 Å². The van der Waals surface area contributed by atoms with Crippen molar-refractivity contribution in [1.82, 2.24) is 15.5 Å². The van der Waals surface area contributed by atoms with Crippen molar-refractivity contribution in [3.63, 3.8) is 0 Å². The predicted molar refractivity (Wildman–Crippen MR) is 98.5 cm³/mol. The fourth-order valence-electron chi connectivity index (χ4n) is 3.63. The molecule has 0 spiro atoms. The van der Waals surface area contributed by atoms with Gasteiger partial charge in [-0.3, -0.25) is 4.79 Å². The molecule has 132 valence electrons. The summed E-state index contributed by atoms with van der Waals surface area (Å²) < 4.78 is 0.887. The van der Waals surface area contributed by atoms with Crippen LogP contribution in [0.15, 0.2) is 4.34 Å². The molecule has 0 radical (unpaired) electrons. The van der Waals surface area contributed by atoms with Gasteiger partial charge in [0.1, 0.15) is 0 Å². The highest BCUT2D eigenvalue weighted by Crippen LogP contribution is 2.44. The molecule has 0 saturated heterocycles. The minimum absolute atomic E-state index is 0.154. The zero-order valence-electron chi connectivity index (χ0n) is 14.0. The lowest BCUT2D eigenvalue weighted by atomic mass is 9.96. The molecule has 4 rings (SSSR count). The lowest BCUT2D eigenvalue weighted by molar-refractivity contribution is -0.119. The zero-order valence-corrected chi connectivity index (χ0v) is 15.6. The van der Waals surface area contributed by atoms with Gasteiger partial charge in [0.2, 0.25) is 11.0 Å². The maximum Gasteiger partial charge on any atom is 0.230 e. The van der Waals surface area contributed by atoms with E-state index in [-0.39, 0.29) is 5.91 Å². The minimum atomic E-state index is 0.154. The summed E-state index contributed by atoms with van der Waals surface area (Å²) in [5.74, 6) is 2.10. The van der Waals surface area contributed by atoms with Crippen molar-refractivity contribution in [2.45, 2.75) is 74.2 Å². The van der Waals surface area contributed by atoms with Gasteiger partial charge < -0.3 is 10.6 Å². The molecule has 7 heteroatoms. The molecule has 3 fully saturated rings. The van der Waals surface area contributed by atoms with Gasteiger partial charge in [-0.05, 0) is 50.4 Å². The first-order valence-electron chi connectivity index (χ1n) is 9.30. The van der Waals surface area contributed by atoms with E-state index in [1.807, 2.05) is 0 Å². The van der Waals surface area contributed by atoms with E-state index >= 15 is 0 Å². The molecule has 1 aromatic heterocycles. The number of aromatic nitrogens is 2. The predicted octanol–water partition coefficient (Wildman–Crippen LogP) is 3.68. The van der Waals surface area contributed by atoms with Crippen molar-refractivity contribution in [2.24, 2.45) is 11.8 Å². The number of anilines is 1. The van der Waals surface area contributed by atoms with Gasteiger partial charge in [0, 0.05) is 12.1 Å². The second kappa shape index (κ2) is 7.60. The summed E-state index contributed by atoms with van der Waals surface area (Å²) in [7, 11) is 0. The Morgan fingerprint density at radius 2 is 1.79 bits per heavy atom. The van der Waals surface area contributed by atoms with E-state index in [2.05, 4.69) is 20.8 Å². The van der Waals surface area contributed by atoms with Gasteiger partial charge in [0.05, 0.1) is 5.75 Å². The van der Waals surface area contributed by atoms with Crippen LogP contribution in [-0.2, 0) is 4.79 Å². The molecule has 1 aromatic rings. The topological polar surface area (TPSA) is 66.9 Å². The number of carbonyl (C=O) groups excluding carboxylic acids is 1. The second-order valence-electron chi connectivity index (χ2n) is 7.41. The van der Waals surface area contributed by atoms with E-state index in [4.69, 9.17) is 0 Å².